The van der Waals surface area contributed by atoms with Crippen LogP contribution in [-0.2, 0) is 22.4 Å². The number of phenols is 2. The second-order valence-electron chi connectivity index (χ2n) is 8.63. The molecule has 1 aromatic heterocycles. The first kappa shape index (κ1) is 21.9. The smallest absolute Gasteiger partial charge is 0.341 e. The van der Waals surface area contributed by atoms with Crippen LogP contribution < -0.4 is 5.32 Å². The van der Waals surface area contributed by atoms with Gasteiger partial charge in [-0.25, -0.2) is 4.79 Å². The lowest BCUT2D eigenvalue weighted by Gasteiger charge is -2.22. The molecule has 0 radical (unpaired) electrons. The molecule has 1 aromatic carbocycles. The van der Waals surface area contributed by atoms with E-state index in [-0.39, 0.29) is 17.4 Å². The summed E-state index contributed by atoms with van der Waals surface area (Å²) in [6.45, 7) is 7.62. The van der Waals surface area contributed by atoms with E-state index >= 15 is 0 Å². The predicted octanol–water partition coefficient (Wildman–Crippen LogP) is 4.89. The number of phenolic OH excluding ortho intramolecular Hbond substituents is 2. The molecule has 160 valence electrons. The van der Waals surface area contributed by atoms with Crippen molar-refractivity contribution >= 4 is 34.3 Å². The summed E-state index contributed by atoms with van der Waals surface area (Å²) in [5.41, 5.74) is 1.37. The van der Waals surface area contributed by atoms with E-state index in [1.807, 2.05) is 20.8 Å². The molecule has 0 fully saturated rings. The van der Waals surface area contributed by atoms with Crippen molar-refractivity contribution in [2.45, 2.75) is 52.6 Å². The third kappa shape index (κ3) is 5.21. The molecular formula is C23H27NO5S. The molecule has 7 heteroatoms. The van der Waals surface area contributed by atoms with Crippen LogP contribution in [0.1, 0.15) is 60.5 Å². The molecule has 0 bridgehead atoms. The monoisotopic (exact) mass is 429 g/mol. The van der Waals surface area contributed by atoms with Crippen molar-refractivity contribution in [2.75, 3.05) is 5.32 Å². The van der Waals surface area contributed by atoms with Crippen LogP contribution in [0.25, 0.3) is 6.08 Å². The summed E-state index contributed by atoms with van der Waals surface area (Å²) in [5, 5.41) is 22.3. The normalized spacial score (nSPS) is 16.3. The van der Waals surface area contributed by atoms with Gasteiger partial charge in [-0.05, 0) is 75.3 Å². The maximum atomic E-state index is 12.9. The minimum atomic E-state index is -0.631. The van der Waals surface area contributed by atoms with Gasteiger partial charge in [-0.15, -0.1) is 11.3 Å². The molecular weight excluding hydrogens is 402 g/mol. The van der Waals surface area contributed by atoms with Crippen molar-refractivity contribution in [3.63, 3.8) is 0 Å². The van der Waals surface area contributed by atoms with Crippen molar-refractivity contribution in [1.29, 1.82) is 0 Å². The van der Waals surface area contributed by atoms with Crippen molar-refractivity contribution in [3.8, 4) is 11.5 Å². The molecule has 0 spiro atoms. The minimum Gasteiger partial charge on any atom is -0.504 e. The average molecular weight is 430 g/mol. The molecule has 3 rings (SSSR count). The molecule has 1 unspecified atom stereocenters. The molecule has 0 aliphatic heterocycles. The quantitative estimate of drug-likeness (QED) is 0.365. The number of rotatable bonds is 4. The van der Waals surface area contributed by atoms with Gasteiger partial charge in [0.15, 0.2) is 11.5 Å². The Bertz CT molecular complexity index is 1000. The second kappa shape index (κ2) is 8.52. The van der Waals surface area contributed by atoms with Gasteiger partial charge in [0.25, 0.3) is 0 Å². The number of aromatic hydroxyl groups is 2. The van der Waals surface area contributed by atoms with Gasteiger partial charge in [0, 0.05) is 11.0 Å². The molecule has 1 amide bonds. The molecule has 1 atom stereocenters. The molecule has 0 saturated heterocycles. The third-order valence-corrected chi connectivity index (χ3v) is 5.98. The van der Waals surface area contributed by atoms with Crippen LogP contribution in [0.15, 0.2) is 24.3 Å². The van der Waals surface area contributed by atoms with E-state index in [2.05, 4.69) is 12.2 Å². The Kier molecular flexibility index (Phi) is 6.22. The van der Waals surface area contributed by atoms with E-state index in [1.54, 1.807) is 6.07 Å². The first-order valence-corrected chi connectivity index (χ1v) is 10.7. The molecule has 6 nitrogen and oxygen atoms in total. The minimum absolute atomic E-state index is 0.225. The third-order valence-electron chi connectivity index (χ3n) is 4.77. The van der Waals surface area contributed by atoms with E-state index in [0.717, 1.165) is 29.7 Å². The zero-order valence-electron chi connectivity index (χ0n) is 17.6. The van der Waals surface area contributed by atoms with Gasteiger partial charge in [-0.1, -0.05) is 13.0 Å². The fraction of sp³-hybridized carbons (Fsp3) is 0.391. The van der Waals surface area contributed by atoms with E-state index in [9.17, 15) is 19.8 Å². The molecule has 1 aliphatic rings. The molecule has 3 N–H and O–H groups in total. The number of carbonyl (C=O) groups is 2. The van der Waals surface area contributed by atoms with Gasteiger partial charge in [-0.2, -0.15) is 0 Å². The van der Waals surface area contributed by atoms with Gasteiger partial charge < -0.3 is 20.3 Å². The largest absolute Gasteiger partial charge is 0.504 e. The molecule has 30 heavy (non-hydrogen) atoms. The fourth-order valence-corrected chi connectivity index (χ4v) is 4.60. The van der Waals surface area contributed by atoms with Crippen LogP contribution in [0.3, 0.4) is 0 Å². The Morgan fingerprint density at radius 2 is 1.97 bits per heavy atom. The number of hydrogen-bond donors (Lipinski definition) is 3. The Labute approximate surface area is 180 Å². The number of hydrogen-bond acceptors (Lipinski definition) is 6. The van der Waals surface area contributed by atoms with Crippen LogP contribution in [0, 0.1) is 5.92 Å². The highest BCUT2D eigenvalue weighted by molar-refractivity contribution is 7.17. The van der Waals surface area contributed by atoms with Crippen LogP contribution in [-0.4, -0.2) is 27.7 Å². The lowest BCUT2D eigenvalue weighted by Crippen LogP contribution is -2.25. The number of aryl methyl sites for hydroxylation is 1. The van der Waals surface area contributed by atoms with Gasteiger partial charge in [0.2, 0.25) is 5.91 Å². The van der Waals surface area contributed by atoms with Crippen LogP contribution in [0.5, 0.6) is 11.5 Å². The number of benzene rings is 1. The Morgan fingerprint density at radius 1 is 1.23 bits per heavy atom. The maximum Gasteiger partial charge on any atom is 0.341 e. The van der Waals surface area contributed by atoms with Gasteiger partial charge >= 0.3 is 5.97 Å². The molecule has 1 heterocycles. The predicted molar refractivity (Wildman–Crippen MR) is 118 cm³/mol. The van der Waals surface area contributed by atoms with Gasteiger partial charge in [-0.3, -0.25) is 4.79 Å². The highest BCUT2D eigenvalue weighted by Crippen LogP contribution is 2.40. The lowest BCUT2D eigenvalue weighted by atomic mass is 9.88. The summed E-state index contributed by atoms with van der Waals surface area (Å²) < 4.78 is 5.61. The number of esters is 1. The second-order valence-corrected chi connectivity index (χ2v) is 9.73. The summed E-state index contributed by atoms with van der Waals surface area (Å²) in [4.78, 5) is 26.6. The van der Waals surface area contributed by atoms with Crippen molar-refractivity contribution in [1.82, 2.24) is 0 Å². The summed E-state index contributed by atoms with van der Waals surface area (Å²) in [7, 11) is 0. The fourth-order valence-electron chi connectivity index (χ4n) is 3.36. The van der Waals surface area contributed by atoms with Gasteiger partial charge in [0.1, 0.15) is 10.6 Å². The van der Waals surface area contributed by atoms with Gasteiger partial charge in [0.05, 0.1) is 5.56 Å². The Morgan fingerprint density at radius 3 is 2.63 bits per heavy atom. The number of thiophene rings is 1. The number of ether oxygens (including phenoxy) is 1. The van der Waals surface area contributed by atoms with E-state index in [4.69, 9.17) is 4.74 Å². The SMILES string of the molecule is CC1CCc2sc(NC(=O)C=Cc3ccc(O)c(O)c3)c(C(=O)OC(C)(C)C)c2C1. The Balaban J connectivity index is 1.85. The first-order chi connectivity index (χ1) is 14.0. The number of amides is 1. The van der Waals surface area contributed by atoms with E-state index < -0.39 is 11.6 Å². The Hall–Kier alpha value is -2.80. The van der Waals surface area contributed by atoms with Crippen LogP contribution >= 0.6 is 11.3 Å². The number of fused-ring (bicyclic) bond motifs is 1. The first-order valence-electron chi connectivity index (χ1n) is 9.92. The molecule has 1 aliphatic carbocycles. The summed E-state index contributed by atoms with van der Waals surface area (Å²) in [6, 6.07) is 4.29. The number of carbonyl (C=O) groups excluding carboxylic acids is 2. The average Bonchev–Trinajstić information content (AvgIpc) is 2.98. The lowest BCUT2D eigenvalue weighted by molar-refractivity contribution is -0.111. The van der Waals surface area contributed by atoms with Crippen LogP contribution in [0.4, 0.5) is 5.00 Å². The molecule has 0 saturated carbocycles. The number of nitrogens with one attached hydrogen (secondary N) is 1. The summed E-state index contributed by atoms with van der Waals surface area (Å²) in [6.07, 6.45) is 5.58. The standard InChI is InChI=1S/C23H27NO5S/c1-13-5-9-18-15(11-13)20(22(28)29-23(2,3)4)21(30-18)24-19(27)10-7-14-6-8-16(25)17(26)12-14/h6-8,10,12-13,25-26H,5,9,11H2,1-4H3,(H,24,27). The molecule has 2 aromatic rings. The van der Waals surface area contributed by atoms with Crippen molar-refractivity contribution < 1.29 is 24.5 Å². The van der Waals surface area contributed by atoms with Crippen molar-refractivity contribution in [3.05, 3.63) is 45.8 Å². The van der Waals surface area contributed by atoms with E-state index in [0.29, 0.717) is 22.0 Å². The number of anilines is 1. The van der Waals surface area contributed by atoms with Crippen molar-refractivity contribution in [2.24, 2.45) is 5.92 Å². The summed E-state index contributed by atoms with van der Waals surface area (Å²) >= 11 is 1.43. The zero-order valence-corrected chi connectivity index (χ0v) is 18.4. The zero-order chi connectivity index (χ0) is 22.1. The van der Waals surface area contributed by atoms with Crippen LogP contribution in [0.2, 0.25) is 0 Å². The highest BCUT2D eigenvalue weighted by atomic mass is 32.1. The summed E-state index contributed by atoms with van der Waals surface area (Å²) in [5.74, 6) is -0.823. The topological polar surface area (TPSA) is 95.9 Å². The highest BCUT2D eigenvalue weighted by Gasteiger charge is 2.31. The maximum absolute atomic E-state index is 12.9. The van der Waals surface area contributed by atoms with E-state index in [1.165, 1.54) is 35.6 Å².